The quantitative estimate of drug-likeness (QED) is 0.350. The van der Waals surface area contributed by atoms with Crippen LogP contribution in [-0.4, -0.2) is 37.5 Å². The number of anilines is 2. The van der Waals surface area contributed by atoms with Crippen molar-refractivity contribution < 1.29 is 28.7 Å². The molecule has 3 rings (SSSR count). The van der Waals surface area contributed by atoms with Crippen molar-refractivity contribution in [2.24, 2.45) is 0 Å². The molecular weight excluding hydrogens is 504 g/mol. The number of nitrogens with one attached hydrogen (secondary N) is 2. The Kier molecular flexibility index (Phi) is 9.91. The SMILES string of the molecule is COC(=O)c1ccc(NC(=O)COC(=O)CCC(=O)Nc2ccc(Sc3ccc(Cl)cc3)cc2)cc1. The van der Waals surface area contributed by atoms with Crippen molar-refractivity contribution in [2.75, 3.05) is 24.4 Å². The fourth-order valence-corrected chi connectivity index (χ4v) is 3.85. The Morgan fingerprint density at radius 1 is 0.750 bits per heavy atom. The number of hydrogen-bond acceptors (Lipinski definition) is 7. The first kappa shape index (κ1) is 26.8. The second-order valence-corrected chi connectivity index (χ2v) is 8.99. The van der Waals surface area contributed by atoms with Crippen molar-refractivity contribution in [3.63, 3.8) is 0 Å². The standard InChI is InChI=1S/C26H23ClN2O6S/c1-34-26(33)17-2-6-19(7-3-17)29-24(31)16-35-25(32)15-14-23(30)28-20-8-12-22(13-9-20)36-21-10-4-18(27)5-11-21/h2-13H,14-16H2,1H3,(H,28,30)(H,29,31). The maximum atomic E-state index is 12.2. The molecule has 0 saturated heterocycles. The molecule has 0 aliphatic heterocycles. The molecular formula is C26H23ClN2O6S. The Balaban J connectivity index is 1.35. The van der Waals surface area contributed by atoms with Gasteiger partial charge in [0.2, 0.25) is 5.91 Å². The van der Waals surface area contributed by atoms with E-state index >= 15 is 0 Å². The highest BCUT2D eigenvalue weighted by atomic mass is 35.5. The van der Waals surface area contributed by atoms with E-state index in [1.165, 1.54) is 31.4 Å². The van der Waals surface area contributed by atoms with Gasteiger partial charge in [-0.25, -0.2) is 4.79 Å². The van der Waals surface area contributed by atoms with E-state index in [0.717, 1.165) is 9.79 Å². The van der Waals surface area contributed by atoms with Crippen LogP contribution in [0.1, 0.15) is 23.2 Å². The highest BCUT2D eigenvalue weighted by molar-refractivity contribution is 7.99. The summed E-state index contributed by atoms with van der Waals surface area (Å²) in [6.45, 7) is -0.494. The van der Waals surface area contributed by atoms with Gasteiger partial charge in [0.1, 0.15) is 0 Å². The molecule has 10 heteroatoms. The molecule has 0 aliphatic carbocycles. The van der Waals surface area contributed by atoms with E-state index < -0.39 is 24.5 Å². The fourth-order valence-electron chi connectivity index (χ4n) is 2.91. The zero-order chi connectivity index (χ0) is 25.9. The molecule has 0 aliphatic rings. The lowest BCUT2D eigenvalue weighted by Crippen LogP contribution is -2.21. The van der Waals surface area contributed by atoms with E-state index in [0.29, 0.717) is 22.0 Å². The predicted molar refractivity (Wildman–Crippen MR) is 137 cm³/mol. The number of rotatable bonds is 10. The Morgan fingerprint density at radius 3 is 1.86 bits per heavy atom. The van der Waals surface area contributed by atoms with E-state index in [4.69, 9.17) is 16.3 Å². The summed E-state index contributed by atoms with van der Waals surface area (Å²) in [5.74, 6) is -2.05. The fraction of sp³-hybridized carbons (Fsp3) is 0.154. The number of carbonyl (C=O) groups is 4. The van der Waals surface area contributed by atoms with Gasteiger partial charge in [-0.05, 0) is 72.8 Å². The summed E-state index contributed by atoms with van der Waals surface area (Å²) in [6, 6.07) is 20.9. The molecule has 3 aromatic rings. The maximum Gasteiger partial charge on any atom is 0.337 e. The lowest BCUT2D eigenvalue weighted by Gasteiger charge is -2.08. The molecule has 0 fully saturated rings. The van der Waals surface area contributed by atoms with E-state index in [-0.39, 0.29) is 18.7 Å². The van der Waals surface area contributed by atoms with Gasteiger partial charge in [0, 0.05) is 32.6 Å². The summed E-state index contributed by atoms with van der Waals surface area (Å²) >= 11 is 7.46. The number of carbonyl (C=O) groups excluding carboxylic acids is 4. The number of esters is 2. The van der Waals surface area contributed by atoms with Crippen LogP contribution >= 0.6 is 23.4 Å². The van der Waals surface area contributed by atoms with Crippen LogP contribution in [0.2, 0.25) is 5.02 Å². The van der Waals surface area contributed by atoms with Crippen LogP contribution in [0.5, 0.6) is 0 Å². The van der Waals surface area contributed by atoms with Crippen molar-refractivity contribution in [1.29, 1.82) is 0 Å². The van der Waals surface area contributed by atoms with Gasteiger partial charge >= 0.3 is 11.9 Å². The molecule has 2 N–H and O–H groups in total. The molecule has 0 spiro atoms. The van der Waals surface area contributed by atoms with Gasteiger partial charge in [0.05, 0.1) is 19.1 Å². The molecule has 2 amide bonds. The predicted octanol–water partition coefficient (Wildman–Crippen LogP) is 5.18. The number of methoxy groups -OCH3 is 1. The Labute approximate surface area is 217 Å². The lowest BCUT2D eigenvalue weighted by atomic mass is 10.2. The summed E-state index contributed by atoms with van der Waals surface area (Å²) in [6.07, 6.45) is -0.256. The highest BCUT2D eigenvalue weighted by Gasteiger charge is 2.12. The normalized spacial score (nSPS) is 10.3. The monoisotopic (exact) mass is 526 g/mol. The van der Waals surface area contributed by atoms with Crippen LogP contribution in [-0.2, 0) is 23.9 Å². The van der Waals surface area contributed by atoms with Crippen LogP contribution in [0, 0.1) is 0 Å². The van der Waals surface area contributed by atoms with Crippen molar-refractivity contribution in [2.45, 2.75) is 22.6 Å². The van der Waals surface area contributed by atoms with Crippen LogP contribution in [0.15, 0.2) is 82.6 Å². The minimum atomic E-state index is -0.670. The average Bonchev–Trinajstić information content (AvgIpc) is 2.88. The second kappa shape index (κ2) is 13.3. The molecule has 0 unspecified atom stereocenters. The van der Waals surface area contributed by atoms with Gasteiger partial charge in [-0.3, -0.25) is 14.4 Å². The third-order valence-corrected chi connectivity index (χ3v) is 5.97. The van der Waals surface area contributed by atoms with Crippen molar-refractivity contribution >= 4 is 58.5 Å². The summed E-state index contributed by atoms with van der Waals surface area (Å²) in [5, 5.41) is 5.94. The van der Waals surface area contributed by atoms with Crippen molar-refractivity contribution in [3.8, 4) is 0 Å². The zero-order valence-electron chi connectivity index (χ0n) is 19.3. The summed E-state index contributed by atoms with van der Waals surface area (Å²) < 4.78 is 9.53. The number of ether oxygens (including phenoxy) is 2. The number of halogens is 1. The van der Waals surface area contributed by atoms with Gasteiger partial charge < -0.3 is 20.1 Å². The third-order valence-electron chi connectivity index (χ3n) is 4.70. The van der Waals surface area contributed by atoms with E-state index in [2.05, 4.69) is 15.4 Å². The van der Waals surface area contributed by atoms with Crippen molar-refractivity contribution in [3.05, 3.63) is 83.4 Å². The molecule has 36 heavy (non-hydrogen) atoms. The van der Waals surface area contributed by atoms with Crippen LogP contribution < -0.4 is 10.6 Å². The minimum absolute atomic E-state index is 0.0866. The third kappa shape index (κ3) is 8.75. The van der Waals surface area contributed by atoms with E-state index in [1.54, 1.807) is 23.9 Å². The number of hydrogen-bond donors (Lipinski definition) is 2. The van der Waals surface area contributed by atoms with Gasteiger partial charge in [-0.15, -0.1) is 0 Å². The van der Waals surface area contributed by atoms with E-state index in [9.17, 15) is 19.2 Å². The topological polar surface area (TPSA) is 111 Å². The number of benzene rings is 3. The first-order chi connectivity index (χ1) is 17.3. The van der Waals surface area contributed by atoms with Crippen molar-refractivity contribution in [1.82, 2.24) is 0 Å². The van der Waals surface area contributed by atoms with Gasteiger partial charge in [-0.1, -0.05) is 23.4 Å². The molecule has 0 aromatic heterocycles. The lowest BCUT2D eigenvalue weighted by molar-refractivity contribution is -0.147. The largest absolute Gasteiger partial charge is 0.465 e. The molecule has 0 heterocycles. The smallest absolute Gasteiger partial charge is 0.337 e. The summed E-state index contributed by atoms with van der Waals surface area (Å²) in [4.78, 5) is 49.5. The summed E-state index contributed by atoms with van der Waals surface area (Å²) in [7, 11) is 1.27. The van der Waals surface area contributed by atoms with Crippen LogP contribution in [0.3, 0.4) is 0 Å². The highest BCUT2D eigenvalue weighted by Crippen LogP contribution is 2.29. The minimum Gasteiger partial charge on any atom is -0.465 e. The van der Waals surface area contributed by atoms with Gasteiger partial charge in [0.25, 0.3) is 5.91 Å². The van der Waals surface area contributed by atoms with E-state index in [1.807, 2.05) is 36.4 Å². The molecule has 186 valence electrons. The first-order valence-corrected chi connectivity index (χ1v) is 12.0. The Bertz CT molecular complexity index is 1210. The van der Waals surface area contributed by atoms with Crippen LogP contribution in [0.25, 0.3) is 0 Å². The molecule has 8 nitrogen and oxygen atoms in total. The van der Waals surface area contributed by atoms with Gasteiger partial charge in [0.15, 0.2) is 6.61 Å². The average molecular weight is 527 g/mol. The maximum absolute atomic E-state index is 12.2. The molecule has 0 bridgehead atoms. The molecule has 0 atom stereocenters. The van der Waals surface area contributed by atoms with Crippen LogP contribution in [0.4, 0.5) is 11.4 Å². The Hall–Kier alpha value is -3.82. The Morgan fingerprint density at radius 2 is 1.28 bits per heavy atom. The summed E-state index contributed by atoms with van der Waals surface area (Å²) in [5.41, 5.74) is 1.38. The zero-order valence-corrected chi connectivity index (χ0v) is 20.9. The molecule has 0 saturated carbocycles. The number of amides is 2. The van der Waals surface area contributed by atoms with Gasteiger partial charge in [-0.2, -0.15) is 0 Å². The molecule has 3 aromatic carbocycles. The second-order valence-electron chi connectivity index (χ2n) is 7.41. The molecule has 0 radical (unpaired) electrons. The first-order valence-electron chi connectivity index (χ1n) is 10.8.